The van der Waals surface area contributed by atoms with E-state index in [1.54, 1.807) is 4.90 Å². The molecule has 1 atom stereocenters. The molecule has 2 saturated heterocycles. The average Bonchev–Trinajstić information content (AvgIpc) is 3.11. The maximum Gasteiger partial charge on any atom is 0.242 e. The normalized spacial score (nSPS) is 17.7. The minimum atomic E-state index is -0.399. The number of nitrogens with zero attached hydrogens (tertiary/aromatic N) is 4. The van der Waals surface area contributed by atoms with E-state index in [1.807, 2.05) is 80.6 Å². The molecule has 2 amide bonds. The molecule has 47 heavy (non-hydrogen) atoms. The summed E-state index contributed by atoms with van der Waals surface area (Å²) in [5.41, 5.74) is 2.97. The summed E-state index contributed by atoms with van der Waals surface area (Å²) in [6.07, 6.45) is 6.54. The van der Waals surface area contributed by atoms with Crippen molar-refractivity contribution in [2.24, 2.45) is 0 Å². The lowest BCUT2D eigenvalue weighted by Crippen LogP contribution is -2.64. The second-order valence-electron chi connectivity index (χ2n) is 13.6. The number of rotatable bonds is 12. The van der Waals surface area contributed by atoms with Gasteiger partial charge in [-0.05, 0) is 80.6 Å². The molecule has 0 bridgehead atoms. The van der Waals surface area contributed by atoms with Crippen LogP contribution in [0.25, 0.3) is 0 Å². The van der Waals surface area contributed by atoms with Crippen molar-refractivity contribution in [2.75, 3.05) is 60.4 Å². The highest BCUT2D eigenvalue weighted by Gasteiger charge is 2.47. The van der Waals surface area contributed by atoms with Crippen molar-refractivity contribution in [3.05, 3.63) is 106 Å². The summed E-state index contributed by atoms with van der Waals surface area (Å²) < 4.78 is 0. The van der Waals surface area contributed by atoms with E-state index in [-0.39, 0.29) is 23.7 Å². The predicted molar refractivity (Wildman–Crippen MR) is 193 cm³/mol. The summed E-state index contributed by atoms with van der Waals surface area (Å²) in [7, 11) is 5.70. The predicted octanol–water partition coefficient (Wildman–Crippen LogP) is 7.56. The second-order valence-corrected chi connectivity index (χ2v) is 14.4. The van der Waals surface area contributed by atoms with Gasteiger partial charge in [0, 0.05) is 59.0 Å². The first-order valence-electron chi connectivity index (χ1n) is 17.2. The number of hydrogen-bond donors (Lipinski definition) is 0. The highest BCUT2D eigenvalue weighted by molar-refractivity contribution is 6.42. The molecule has 0 radical (unpaired) electrons. The van der Waals surface area contributed by atoms with Gasteiger partial charge in [0.25, 0.3) is 0 Å². The van der Waals surface area contributed by atoms with Gasteiger partial charge in [0.05, 0.1) is 10.0 Å². The van der Waals surface area contributed by atoms with E-state index in [2.05, 4.69) is 34.1 Å². The molecule has 0 saturated carbocycles. The molecular formula is C39H50Cl2N4O2. The number of piperidine rings is 2. The number of hydrogen-bond acceptors (Lipinski definition) is 4. The maximum absolute atomic E-state index is 13.9. The van der Waals surface area contributed by atoms with Crippen LogP contribution in [-0.2, 0) is 9.59 Å². The van der Waals surface area contributed by atoms with Crippen LogP contribution in [0.1, 0.15) is 73.5 Å². The molecule has 0 N–H and O–H groups in total. The van der Waals surface area contributed by atoms with Crippen LogP contribution in [-0.4, -0.2) is 97.4 Å². The van der Waals surface area contributed by atoms with Crippen molar-refractivity contribution in [1.82, 2.24) is 19.6 Å². The quantitative estimate of drug-likeness (QED) is 0.199. The number of likely N-dealkylation sites (tertiary alicyclic amines) is 2. The topological polar surface area (TPSA) is 47.1 Å². The number of carbonyl (C=O) groups excluding carboxylic acids is 2. The number of halogens is 2. The number of amides is 2. The molecule has 3 aromatic rings. The van der Waals surface area contributed by atoms with Gasteiger partial charge in [-0.25, -0.2) is 0 Å². The van der Waals surface area contributed by atoms with Crippen molar-refractivity contribution < 1.29 is 9.59 Å². The van der Waals surface area contributed by atoms with Gasteiger partial charge in [-0.15, -0.1) is 0 Å². The van der Waals surface area contributed by atoms with E-state index in [4.69, 9.17) is 23.2 Å². The molecule has 8 heteroatoms. The zero-order valence-corrected chi connectivity index (χ0v) is 29.7. The van der Waals surface area contributed by atoms with Crippen molar-refractivity contribution in [3.63, 3.8) is 0 Å². The molecule has 2 aliphatic rings. The fourth-order valence-electron chi connectivity index (χ4n) is 7.58. The molecule has 2 aliphatic heterocycles. The Hall–Kier alpha value is -2.90. The second kappa shape index (κ2) is 16.5. The Balaban J connectivity index is 1.28. The molecule has 252 valence electrons. The standard InChI is InChI=1S/C39H50Cl2N4O2/c1-42(2)38(47)39(45-22-11-6-12-23-45)20-25-44(26-21-39)24-19-33(32-17-18-35(40)36(41)27-32)29-43(3)37(46)28-34(30-13-7-4-8-14-30)31-15-9-5-10-16-31/h4-5,7-10,13-18,27,33-34H,6,11-12,19-26,28-29H2,1-3H3. The first kappa shape index (κ1) is 35.4. The summed E-state index contributed by atoms with van der Waals surface area (Å²) in [4.78, 5) is 36.1. The lowest BCUT2D eigenvalue weighted by Gasteiger charge is -2.50. The largest absolute Gasteiger partial charge is 0.347 e. The van der Waals surface area contributed by atoms with Gasteiger partial charge in [-0.2, -0.15) is 0 Å². The van der Waals surface area contributed by atoms with Crippen LogP contribution in [0.15, 0.2) is 78.9 Å². The number of likely N-dealkylation sites (N-methyl/N-ethyl adjacent to an activating group) is 2. The van der Waals surface area contributed by atoms with Crippen molar-refractivity contribution in [3.8, 4) is 0 Å². The molecule has 0 spiro atoms. The lowest BCUT2D eigenvalue weighted by atomic mass is 9.82. The van der Waals surface area contributed by atoms with Crippen molar-refractivity contribution in [2.45, 2.75) is 62.3 Å². The Kier molecular flexibility index (Phi) is 12.4. The van der Waals surface area contributed by atoms with Gasteiger partial charge in [-0.3, -0.25) is 14.5 Å². The van der Waals surface area contributed by atoms with Crippen LogP contribution in [0.4, 0.5) is 0 Å². The lowest BCUT2D eigenvalue weighted by molar-refractivity contribution is -0.147. The third-order valence-electron chi connectivity index (χ3n) is 10.4. The first-order valence-corrected chi connectivity index (χ1v) is 17.9. The van der Waals surface area contributed by atoms with E-state index in [9.17, 15) is 9.59 Å². The Morgan fingerprint density at radius 2 is 1.36 bits per heavy atom. The van der Waals surface area contributed by atoms with Gasteiger partial charge in [0.1, 0.15) is 5.54 Å². The van der Waals surface area contributed by atoms with Crippen LogP contribution in [0.2, 0.25) is 10.0 Å². The summed E-state index contributed by atoms with van der Waals surface area (Å²) in [5.74, 6) is 0.424. The molecule has 3 aromatic carbocycles. The monoisotopic (exact) mass is 676 g/mol. The fraction of sp³-hybridized carbons (Fsp3) is 0.487. The molecule has 2 fully saturated rings. The summed E-state index contributed by atoms with van der Waals surface area (Å²) in [5, 5.41) is 1.06. The molecule has 2 heterocycles. The Morgan fingerprint density at radius 3 is 1.91 bits per heavy atom. The third-order valence-corrected chi connectivity index (χ3v) is 11.1. The van der Waals surface area contributed by atoms with Crippen molar-refractivity contribution >= 4 is 35.0 Å². The van der Waals surface area contributed by atoms with Gasteiger partial charge >= 0.3 is 0 Å². The number of benzene rings is 3. The minimum Gasteiger partial charge on any atom is -0.347 e. The smallest absolute Gasteiger partial charge is 0.242 e. The highest BCUT2D eigenvalue weighted by atomic mass is 35.5. The van der Waals surface area contributed by atoms with Crippen LogP contribution in [0, 0.1) is 0 Å². The van der Waals surface area contributed by atoms with Gasteiger partial charge in [-0.1, -0.05) is 96.4 Å². The molecule has 1 unspecified atom stereocenters. The van der Waals surface area contributed by atoms with Crippen LogP contribution in [0.5, 0.6) is 0 Å². The fourth-order valence-corrected chi connectivity index (χ4v) is 7.89. The van der Waals surface area contributed by atoms with Gasteiger partial charge < -0.3 is 14.7 Å². The zero-order chi connectivity index (χ0) is 33.4. The first-order chi connectivity index (χ1) is 22.7. The summed E-state index contributed by atoms with van der Waals surface area (Å²) >= 11 is 12.8. The third kappa shape index (κ3) is 8.77. The van der Waals surface area contributed by atoms with Crippen molar-refractivity contribution in [1.29, 1.82) is 0 Å². The Labute approximate surface area is 291 Å². The summed E-state index contributed by atoms with van der Waals surface area (Å²) in [6.45, 7) is 5.25. The van der Waals surface area contributed by atoms with Gasteiger partial charge in [0.2, 0.25) is 11.8 Å². The molecular weight excluding hydrogens is 627 g/mol. The molecule has 0 aromatic heterocycles. The highest BCUT2D eigenvalue weighted by Crippen LogP contribution is 2.35. The van der Waals surface area contributed by atoms with Crippen LogP contribution >= 0.6 is 23.2 Å². The zero-order valence-electron chi connectivity index (χ0n) is 28.2. The van der Waals surface area contributed by atoms with E-state index < -0.39 is 5.54 Å². The van der Waals surface area contributed by atoms with E-state index in [1.165, 1.54) is 19.3 Å². The van der Waals surface area contributed by atoms with Gasteiger partial charge in [0.15, 0.2) is 0 Å². The van der Waals surface area contributed by atoms with E-state index in [0.717, 1.165) is 68.7 Å². The van der Waals surface area contributed by atoms with E-state index >= 15 is 0 Å². The Bertz CT molecular complexity index is 1410. The Morgan fingerprint density at radius 1 is 0.766 bits per heavy atom. The maximum atomic E-state index is 13.9. The molecule has 6 nitrogen and oxygen atoms in total. The molecule has 0 aliphatic carbocycles. The van der Waals surface area contributed by atoms with E-state index in [0.29, 0.717) is 23.0 Å². The SMILES string of the molecule is CN(C)C(=O)C1(N2CCCCC2)CCN(CCC(CN(C)C(=O)CC(c2ccccc2)c2ccccc2)c2ccc(Cl)c(Cl)c2)CC1. The summed E-state index contributed by atoms with van der Waals surface area (Å²) in [6, 6.07) is 26.4. The molecule has 5 rings (SSSR count). The van der Waals surface area contributed by atoms with Crippen LogP contribution in [0.3, 0.4) is 0 Å². The van der Waals surface area contributed by atoms with Crippen LogP contribution < -0.4 is 0 Å². The minimum absolute atomic E-state index is 0.0193. The number of carbonyl (C=O) groups is 2. The average molecular weight is 678 g/mol.